The first-order valence-electron chi connectivity index (χ1n) is 9.21. The molecule has 0 aromatic carbocycles. The lowest BCUT2D eigenvalue weighted by molar-refractivity contribution is -0.147. The lowest BCUT2D eigenvalue weighted by atomic mass is 9.40. The summed E-state index contributed by atoms with van der Waals surface area (Å²) in [5.74, 6) is 1.66. The zero-order chi connectivity index (χ0) is 15.3. The summed E-state index contributed by atoms with van der Waals surface area (Å²) in [6.45, 7) is 11.6. The van der Waals surface area contributed by atoms with E-state index in [1.165, 1.54) is 51.5 Å². The number of nitrogens with one attached hydrogen (secondary N) is 1. The van der Waals surface area contributed by atoms with E-state index in [-0.39, 0.29) is 0 Å². The van der Waals surface area contributed by atoms with Crippen molar-refractivity contribution in [1.82, 2.24) is 5.32 Å². The van der Waals surface area contributed by atoms with Gasteiger partial charge in [-0.15, -0.1) is 0 Å². The topological polar surface area (TPSA) is 38.0 Å². The van der Waals surface area contributed by atoms with Crippen LogP contribution in [0.4, 0.5) is 0 Å². The molecular formula is C19H36N2. The van der Waals surface area contributed by atoms with Crippen LogP contribution in [0.5, 0.6) is 0 Å². The average molecular weight is 293 g/mol. The van der Waals surface area contributed by atoms with Gasteiger partial charge in [-0.05, 0) is 79.6 Å². The maximum atomic E-state index is 5.90. The molecular weight excluding hydrogens is 256 g/mol. The molecule has 3 unspecified atom stereocenters. The van der Waals surface area contributed by atoms with E-state index < -0.39 is 0 Å². The lowest BCUT2D eigenvalue weighted by Crippen LogP contribution is -2.55. The van der Waals surface area contributed by atoms with Gasteiger partial charge in [0.2, 0.25) is 0 Å². The maximum absolute atomic E-state index is 5.90. The first kappa shape index (κ1) is 15.8. The molecule has 0 aromatic heterocycles. The van der Waals surface area contributed by atoms with E-state index in [0.29, 0.717) is 28.2 Å². The van der Waals surface area contributed by atoms with Gasteiger partial charge in [-0.25, -0.2) is 0 Å². The largest absolute Gasteiger partial charge is 0.329 e. The zero-order valence-corrected chi connectivity index (χ0v) is 14.7. The minimum atomic E-state index is 0.491. The van der Waals surface area contributed by atoms with Crippen molar-refractivity contribution >= 4 is 0 Å². The Kier molecular flexibility index (Phi) is 3.94. The third-order valence-corrected chi connectivity index (χ3v) is 6.86. The predicted molar refractivity (Wildman–Crippen MR) is 90.1 cm³/mol. The van der Waals surface area contributed by atoms with E-state index >= 15 is 0 Å². The molecule has 0 radical (unpaired) electrons. The van der Waals surface area contributed by atoms with Crippen molar-refractivity contribution in [1.29, 1.82) is 0 Å². The molecule has 0 aromatic rings. The molecule has 122 valence electrons. The van der Waals surface area contributed by atoms with Crippen LogP contribution in [-0.4, -0.2) is 19.1 Å². The Hall–Kier alpha value is -0.0800. The van der Waals surface area contributed by atoms with Crippen molar-refractivity contribution in [2.75, 3.05) is 13.1 Å². The summed E-state index contributed by atoms with van der Waals surface area (Å²) in [7, 11) is 0. The van der Waals surface area contributed by atoms with Crippen LogP contribution >= 0.6 is 0 Å². The molecule has 4 bridgehead atoms. The molecule has 4 rings (SSSR count). The molecule has 0 aliphatic heterocycles. The molecule has 2 nitrogen and oxygen atoms in total. The Balaban J connectivity index is 1.63. The highest BCUT2D eigenvalue weighted by atomic mass is 14.9. The monoisotopic (exact) mass is 292 g/mol. The second-order valence-corrected chi connectivity index (χ2v) is 9.92. The van der Waals surface area contributed by atoms with E-state index in [4.69, 9.17) is 5.73 Å². The SMILES string of the molecule is CC(C)C(CN)NCCC12CC3CC(C)(CC(C)(C3)C1)C2. The third kappa shape index (κ3) is 3.03. The molecule has 4 saturated carbocycles. The van der Waals surface area contributed by atoms with Crippen LogP contribution in [0, 0.1) is 28.1 Å². The second kappa shape index (κ2) is 5.23. The van der Waals surface area contributed by atoms with Gasteiger partial charge in [0, 0.05) is 12.6 Å². The highest BCUT2D eigenvalue weighted by Gasteiger charge is 2.59. The van der Waals surface area contributed by atoms with Gasteiger partial charge in [0.1, 0.15) is 0 Å². The van der Waals surface area contributed by atoms with Crippen LogP contribution in [0.3, 0.4) is 0 Å². The van der Waals surface area contributed by atoms with Gasteiger partial charge < -0.3 is 11.1 Å². The van der Waals surface area contributed by atoms with Crippen LogP contribution in [0.25, 0.3) is 0 Å². The Morgan fingerprint density at radius 2 is 1.67 bits per heavy atom. The van der Waals surface area contributed by atoms with Crippen LogP contribution < -0.4 is 11.1 Å². The Morgan fingerprint density at radius 1 is 1.05 bits per heavy atom. The predicted octanol–water partition coefficient (Wildman–Crippen LogP) is 3.95. The quantitative estimate of drug-likeness (QED) is 0.778. The van der Waals surface area contributed by atoms with Gasteiger partial charge in [-0.2, -0.15) is 0 Å². The van der Waals surface area contributed by atoms with Crippen LogP contribution in [0.1, 0.15) is 72.6 Å². The molecule has 0 amide bonds. The van der Waals surface area contributed by atoms with Gasteiger partial charge >= 0.3 is 0 Å². The Labute approximate surface area is 131 Å². The summed E-state index contributed by atoms with van der Waals surface area (Å²) in [5.41, 5.74) is 7.85. The van der Waals surface area contributed by atoms with Crippen molar-refractivity contribution in [2.45, 2.75) is 78.7 Å². The summed E-state index contributed by atoms with van der Waals surface area (Å²) in [6.07, 6.45) is 10.4. The molecule has 4 fully saturated rings. The molecule has 4 aliphatic rings. The minimum absolute atomic E-state index is 0.491. The Bertz CT molecular complexity index is 371. The molecule has 0 saturated heterocycles. The van der Waals surface area contributed by atoms with Gasteiger partial charge in [0.25, 0.3) is 0 Å². The minimum Gasteiger partial charge on any atom is -0.329 e. The Morgan fingerprint density at radius 3 is 2.14 bits per heavy atom. The number of rotatable bonds is 6. The molecule has 2 heteroatoms. The summed E-state index contributed by atoms with van der Waals surface area (Å²) < 4.78 is 0. The summed E-state index contributed by atoms with van der Waals surface area (Å²) in [6, 6.07) is 0.491. The van der Waals surface area contributed by atoms with Gasteiger partial charge in [0.05, 0.1) is 0 Å². The fourth-order valence-corrected chi connectivity index (χ4v) is 7.08. The maximum Gasteiger partial charge on any atom is 0.0213 e. The van der Waals surface area contributed by atoms with E-state index in [9.17, 15) is 0 Å². The first-order chi connectivity index (χ1) is 9.77. The number of nitrogens with two attached hydrogens (primary N) is 1. The highest BCUT2D eigenvalue weighted by molar-refractivity contribution is 5.10. The van der Waals surface area contributed by atoms with Crippen LogP contribution in [0.2, 0.25) is 0 Å². The zero-order valence-electron chi connectivity index (χ0n) is 14.7. The third-order valence-electron chi connectivity index (χ3n) is 6.86. The van der Waals surface area contributed by atoms with Crippen molar-refractivity contribution in [3.63, 3.8) is 0 Å². The number of hydrogen-bond donors (Lipinski definition) is 2. The van der Waals surface area contributed by atoms with Gasteiger partial charge in [0.15, 0.2) is 0 Å². The lowest BCUT2D eigenvalue weighted by Gasteiger charge is -2.65. The molecule has 21 heavy (non-hydrogen) atoms. The van der Waals surface area contributed by atoms with Crippen molar-refractivity contribution in [2.24, 2.45) is 33.8 Å². The fourth-order valence-electron chi connectivity index (χ4n) is 7.08. The van der Waals surface area contributed by atoms with Gasteiger partial charge in [-0.3, -0.25) is 0 Å². The average Bonchev–Trinajstić information content (AvgIpc) is 2.29. The summed E-state index contributed by atoms with van der Waals surface area (Å²) in [4.78, 5) is 0. The first-order valence-corrected chi connectivity index (χ1v) is 9.21. The summed E-state index contributed by atoms with van der Waals surface area (Å²) >= 11 is 0. The van der Waals surface area contributed by atoms with E-state index in [1.54, 1.807) is 0 Å². The molecule has 3 N–H and O–H groups in total. The molecule has 0 spiro atoms. The van der Waals surface area contributed by atoms with E-state index in [0.717, 1.165) is 12.5 Å². The smallest absolute Gasteiger partial charge is 0.0213 e. The normalized spacial score (nSPS) is 46.3. The standard InChI is InChI=1S/C19H36N2/c1-14(2)16(10-20)21-6-5-19-9-15-7-17(3,12-19)11-18(4,8-15)13-19/h14-16,21H,5-13,20H2,1-4H3. The fraction of sp³-hybridized carbons (Fsp3) is 1.00. The van der Waals surface area contributed by atoms with Gasteiger partial charge in [-0.1, -0.05) is 27.7 Å². The van der Waals surface area contributed by atoms with E-state index in [1.807, 2.05) is 0 Å². The van der Waals surface area contributed by atoms with Crippen molar-refractivity contribution in [3.05, 3.63) is 0 Å². The van der Waals surface area contributed by atoms with Crippen LogP contribution in [-0.2, 0) is 0 Å². The second-order valence-electron chi connectivity index (χ2n) is 9.92. The molecule has 3 atom stereocenters. The highest BCUT2D eigenvalue weighted by Crippen LogP contribution is 2.70. The van der Waals surface area contributed by atoms with Crippen LogP contribution in [0.15, 0.2) is 0 Å². The van der Waals surface area contributed by atoms with E-state index in [2.05, 4.69) is 33.0 Å². The summed E-state index contributed by atoms with van der Waals surface area (Å²) in [5, 5.41) is 3.74. The molecule has 0 heterocycles. The number of hydrogen-bond acceptors (Lipinski definition) is 2. The van der Waals surface area contributed by atoms with Crippen molar-refractivity contribution < 1.29 is 0 Å². The molecule has 4 aliphatic carbocycles. The van der Waals surface area contributed by atoms with Crippen molar-refractivity contribution in [3.8, 4) is 0 Å².